The number of morpholine rings is 1. The third-order valence-corrected chi connectivity index (χ3v) is 4.52. The van der Waals surface area contributed by atoms with Crippen molar-refractivity contribution in [3.8, 4) is 5.75 Å². The number of ether oxygens (including phenoxy) is 2. The van der Waals surface area contributed by atoms with Gasteiger partial charge in [-0.15, -0.1) is 0 Å². The van der Waals surface area contributed by atoms with Crippen LogP contribution in [0.1, 0.15) is 20.8 Å². The molecule has 0 unspecified atom stereocenters. The third-order valence-electron chi connectivity index (χ3n) is 4.52. The van der Waals surface area contributed by atoms with Gasteiger partial charge >= 0.3 is 0 Å². The number of benzene rings is 1. The number of allylic oxidation sites excluding steroid dienone is 1. The van der Waals surface area contributed by atoms with Crippen molar-refractivity contribution < 1.29 is 15.3 Å². The van der Waals surface area contributed by atoms with E-state index in [4.69, 9.17) is 20.6 Å². The summed E-state index contributed by atoms with van der Waals surface area (Å²) in [4.78, 5) is 15.1. The molecule has 1 fully saturated rings. The summed E-state index contributed by atoms with van der Waals surface area (Å²) in [5.41, 5.74) is 6.53. The molecule has 8 nitrogen and oxygen atoms in total. The fourth-order valence-electron chi connectivity index (χ4n) is 3.27. The van der Waals surface area contributed by atoms with Crippen LogP contribution in [0, 0.1) is 11.2 Å². The highest BCUT2D eigenvalue weighted by Gasteiger charge is 2.24. The number of methoxy groups -OCH3 is 1. The fourth-order valence-corrected chi connectivity index (χ4v) is 3.27. The smallest absolute Gasteiger partial charge is 0.227 e. The molecule has 3 rings (SSSR count). The third kappa shape index (κ3) is 5.18. The lowest BCUT2D eigenvalue weighted by molar-refractivity contribution is -0.00571. The highest BCUT2D eigenvalue weighted by atomic mass is 19.1. The van der Waals surface area contributed by atoms with Crippen LogP contribution >= 0.6 is 0 Å². The quantitative estimate of drug-likeness (QED) is 0.555. The number of hydrogen-bond donors (Lipinski definition) is 2. The largest absolute Gasteiger partial charge is 0.497 e. The zero-order valence-electron chi connectivity index (χ0n) is 17.2. The van der Waals surface area contributed by atoms with Gasteiger partial charge in [-0.3, -0.25) is 0 Å². The average molecular weight is 414 g/mol. The minimum atomic E-state index is -0.517. The Morgan fingerprint density at radius 1 is 1.37 bits per heavy atom. The number of nitrogens with two attached hydrogens (primary N) is 1. The van der Waals surface area contributed by atoms with Gasteiger partial charge in [0.05, 0.1) is 19.3 Å². The maximum atomic E-state index is 14.3. The Morgan fingerprint density at radius 2 is 2.10 bits per heavy atom. The summed E-state index contributed by atoms with van der Waals surface area (Å²) in [6.07, 6.45) is 4.22. The molecule has 0 bridgehead atoms. The van der Waals surface area contributed by atoms with E-state index in [1.165, 1.54) is 25.3 Å². The summed E-state index contributed by atoms with van der Waals surface area (Å²) in [5.74, 6) is 0.889. The van der Waals surface area contributed by atoms with Crippen molar-refractivity contribution in [2.45, 2.75) is 26.1 Å². The highest BCUT2D eigenvalue weighted by Crippen LogP contribution is 2.22. The van der Waals surface area contributed by atoms with E-state index < -0.39 is 5.82 Å². The van der Waals surface area contributed by atoms with E-state index in [2.05, 4.69) is 15.0 Å². The predicted molar refractivity (Wildman–Crippen MR) is 117 cm³/mol. The second-order valence-electron chi connectivity index (χ2n) is 7.00. The van der Waals surface area contributed by atoms with Gasteiger partial charge in [0.1, 0.15) is 17.4 Å². The Morgan fingerprint density at radius 3 is 2.73 bits per heavy atom. The lowest BCUT2D eigenvalue weighted by Gasteiger charge is -2.35. The molecule has 1 aromatic carbocycles. The molecular formula is C21H27FN6O2. The lowest BCUT2D eigenvalue weighted by Crippen LogP contribution is -2.46. The molecule has 0 amide bonds. The van der Waals surface area contributed by atoms with Crippen molar-refractivity contribution in [3.63, 3.8) is 0 Å². The molecule has 9 heteroatoms. The van der Waals surface area contributed by atoms with Gasteiger partial charge in [-0.25, -0.2) is 14.4 Å². The molecule has 0 radical (unpaired) electrons. The van der Waals surface area contributed by atoms with Crippen molar-refractivity contribution in [1.82, 2.24) is 9.97 Å². The van der Waals surface area contributed by atoms with Crippen LogP contribution in [0.15, 0.2) is 41.5 Å². The number of aromatic nitrogens is 2. The van der Waals surface area contributed by atoms with Crippen LogP contribution in [0.3, 0.4) is 0 Å². The van der Waals surface area contributed by atoms with Crippen LogP contribution in [0.4, 0.5) is 16.2 Å². The molecule has 0 saturated carbocycles. The number of nitrogens with zero attached hydrogens (tertiary/aromatic N) is 4. The molecule has 2 atom stereocenters. The summed E-state index contributed by atoms with van der Waals surface area (Å²) >= 11 is 0. The van der Waals surface area contributed by atoms with Crippen molar-refractivity contribution >= 4 is 29.4 Å². The summed E-state index contributed by atoms with van der Waals surface area (Å²) in [6.45, 7) is 5.37. The van der Waals surface area contributed by atoms with E-state index in [0.717, 1.165) is 6.21 Å². The van der Waals surface area contributed by atoms with Gasteiger partial charge in [-0.05, 0) is 32.1 Å². The Kier molecular flexibility index (Phi) is 6.73. The fraction of sp³-hybridized carbons (Fsp3) is 0.333. The van der Waals surface area contributed by atoms with E-state index in [0.29, 0.717) is 30.6 Å². The molecule has 1 saturated heterocycles. The monoisotopic (exact) mass is 414 g/mol. The Hall–Kier alpha value is -3.33. The summed E-state index contributed by atoms with van der Waals surface area (Å²) in [6, 6.07) is 6.03. The molecule has 1 aromatic heterocycles. The SMILES string of the molecule is COc1ccc(/C(C=N)=C/C(N)=Nc2ccnc(N3C[C@@H](C)O[C@@H](C)C3)n2)c(F)c1.[HH]. The lowest BCUT2D eigenvalue weighted by atomic mass is 10.1. The molecule has 0 aliphatic carbocycles. The molecule has 1 aliphatic heterocycles. The molecular weight excluding hydrogens is 387 g/mol. The number of rotatable bonds is 6. The van der Waals surface area contributed by atoms with E-state index in [1.807, 2.05) is 18.7 Å². The summed E-state index contributed by atoms with van der Waals surface area (Å²) in [7, 11) is 1.46. The van der Waals surface area contributed by atoms with Gasteiger partial charge in [0.2, 0.25) is 5.95 Å². The topological polar surface area (TPSA) is 110 Å². The van der Waals surface area contributed by atoms with E-state index in [1.54, 1.807) is 18.3 Å². The van der Waals surface area contributed by atoms with Crippen LogP contribution in [0.25, 0.3) is 5.57 Å². The summed E-state index contributed by atoms with van der Waals surface area (Å²) in [5, 5.41) is 7.63. The zero-order chi connectivity index (χ0) is 21.7. The van der Waals surface area contributed by atoms with Gasteiger partial charge < -0.3 is 25.5 Å². The van der Waals surface area contributed by atoms with Gasteiger partial charge in [-0.2, -0.15) is 4.98 Å². The molecule has 160 valence electrons. The molecule has 2 aromatic rings. The predicted octanol–water partition coefficient (Wildman–Crippen LogP) is 3.21. The summed E-state index contributed by atoms with van der Waals surface area (Å²) < 4.78 is 25.1. The highest BCUT2D eigenvalue weighted by molar-refractivity contribution is 6.16. The van der Waals surface area contributed by atoms with Gasteiger partial charge in [0, 0.05) is 50.2 Å². The van der Waals surface area contributed by atoms with Gasteiger partial charge in [0.25, 0.3) is 0 Å². The van der Waals surface area contributed by atoms with Crippen LogP contribution in [-0.2, 0) is 4.74 Å². The maximum absolute atomic E-state index is 14.3. The van der Waals surface area contributed by atoms with Crippen LogP contribution in [-0.4, -0.2) is 54.4 Å². The normalized spacial score (nSPS) is 20.2. The number of amidine groups is 1. The first-order valence-electron chi connectivity index (χ1n) is 9.53. The van der Waals surface area contributed by atoms with Crippen molar-refractivity contribution in [3.05, 3.63) is 47.9 Å². The second kappa shape index (κ2) is 9.45. The molecule has 1 aliphatic rings. The minimum Gasteiger partial charge on any atom is -0.497 e. The van der Waals surface area contributed by atoms with Crippen molar-refractivity contribution in [1.29, 1.82) is 5.41 Å². The molecule has 0 spiro atoms. The molecule has 30 heavy (non-hydrogen) atoms. The Bertz CT molecular complexity index is 974. The van der Waals surface area contributed by atoms with E-state index in [9.17, 15) is 4.39 Å². The number of nitrogens with one attached hydrogen (secondary N) is 1. The number of aliphatic imine (C=N–C) groups is 1. The van der Waals surface area contributed by atoms with Gasteiger partial charge in [-0.1, -0.05) is 0 Å². The first-order chi connectivity index (χ1) is 14.4. The van der Waals surface area contributed by atoms with Crippen LogP contribution in [0.5, 0.6) is 5.75 Å². The van der Waals surface area contributed by atoms with E-state index in [-0.39, 0.29) is 30.6 Å². The first kappa shape index (κ1) is 21.4. The standard InChI is InChI=1S/C21H25FN6O2.H2/c1-13-11-28(12-14(2)30-13)21-25-7-6-20(27-21)26-19(24)8-15(10-23)17-5-4-16(29-3)9-18(17)22;/h4-10,13-14,23H,11-12H2,1-3H3,(H2,24,25,26,27);1H/b15-8+,23-10?;/t13-,14+;. The molecule has 3 N–H and O–H groups in total. The van der Waals surface area contributed by atoms with E-state index >= 15 is 0 Å². The Labute approximate surface area is 176 Å². The van der Waals surface area contributed by atoms with Crippen LogP contribution in [0.2, 0.25) is 0 Å². The average Bonchev–Trinajstić information content (AvgIpc) is 2.71. The second-order valence-corrected chi connectivity index (χ2v) is 7.00. The molecule has 2 heterocycles. The number of hydrogen-bond acceptors (Lipinski definition) is 7. The maximum Gasteiger partial charge on any atom is 0.227 e. The van der Waals surface area contributed by atoms with Crippen molar-refractivity contribution in [2.75, 3.05) is 25.1 Å². The zero-order valence-corrected chi connectivity index (χ0v) is 17.2. The Balaban J connectivity index is 0.00000341. The minimum absolute atomic E-state index is 0. The van der Waals surface area contributed by atoms with Crippen molar-refractivity contribution in [2.24, 2.45) is 10.7 Å². The number of anilines is 1. The number of halogens is 1. The van der Waals surface area contributed by atoms with Crippen LogP contribution < -0.4 is 15.4 Å². The first-order valence-corrected chi connectivity index (χ1v) is 9.53. The van der Waals surface area contributed by atoms with Gasteiger partial charge in [0.15, 0.2) is 5.82 Å².